The first kappa shape index (κ1) is 22.5. The smallest absolute Gasteiger partial charge is 0.311 e. The van der Waals surface area contributed by atoms with E-state index in [1.807, 2.05) is 0 Å². The van der Waals surface area contributed by atoms with E-state index >= 15 is 0 Å². The Bertz CT molecular complexity index is 1120. The summed E-state index contributed by atoms with van der Waals surface area (Å²) in [6.07, 6.45) is 1.79. The SMILES string of the molecule is CCC(=O)Oc1ccc(C(=O)Nc2ccc3c(c2)C(=O)N(CC2CCCO2)C3=O)cc1OC. The maximum absolute atomic E-state index is 12.8. The van der Waals surface area contributed by atoms with Crippen LogP contribution >= 0.6 is 0 Å². The van der Waals surface area contributed by atoms with Crippen LogP contribution in [-0.4, -0.2) is 55.0 Å². The lowest BCUT2D eigenvalue weighted by Crippen LogP contribution is -2.36. The van der Waals surface area contributed by atoms with E-state index in [0.29, 0.717) is 17.9 Å². The molecule has 0 bridgehead atoms. The molecule has 2 aliphatic rings. The van der Waals surface area contributed by atoms with Gasteiger partial charge in [-0.1, -0.05) is 6.92 Å². The third kappa shape index (κ3) is 4.58. The standard InChI is InChI=1S/C24H24N2O7/c1-3-21(27)33-19-9-6-14(11-20(19)31-2)22(28)25-15-7-8-17-18(12-15)24(30)26(23(17)29)13-16-5-4-10-32-16/h6-9,11-12,16H,3-5,10,13H2,1-2H3,(H,25,28). The molecule has 1 atom stereocenters. The highest BCUT2D eigenvalue weighted by Gasteiger charge is 2.37. The fourth-order valence-electron chi connectivity index (χ4n) is 3.82. The highest BCUT2D eigenvalue weighted by atomic mass is 16.6. The quantitative estimate of drug-likeness (QED) is 0.390. The fraction of sp³-hybridized carbons (Fsp3) is 0.333. The zero-order chi connectivity index (χ0) is 23.5. The van der Waals surface area contributed by atoms with Crippen molar-refractivity contribution in [1.29, 1.82) is 0 Å². The summed E-state index contributed by atoms with van der Waals surface area (Å²) in [5, 5.41) is 2.73. The van der Waals surface area contributed by atoms with E-state index in [1.54, 1.807) is 13.0 Å². The minimum Gasteiger partial charge on any atom is -0.493 e. The Morgan fingerprint density at radius 3 is 2.58 bits per heavy atom. The molecule has 172 valence electrons. The largest absolute Gasteiger partial charge is 0.493 e. The van der Waals surface area contributed by atoms with Gasteiger partial charge in [-0.05, 0) is 49.2 Å². The van der Waals surface area contributed by atoms with Gasteiger partial charge in [0.15, 0.2) is 11.5 Å². The number of esters is 1. The van der Waals surface area contributed by atoms with Gasteiger partial charge >= 0.3 is 5.97 Å². The lowest BCUT2D eigenvalue weighted by Gasteiger charge is -2.17. The summed E-state index contributed by atoms with van der Waals surface area (Å²) in [6, 6.07) is 9.05. The molecule has 0 radical (unpaired) electrons. The van der Waals surface area contributed by atoms with Gasteiger partial charge in [-0.25, -0.2) is 0 Å². The van der Waals surface area contributed by atoms with Crippen LogP contribution in [0.4, 0.5) is 5.69 Å². The summed E-state index contributed by atoms with van der Waals surface area (Å²) in [6.45, 7) is 2.53. The Labute approximate surface area is 190 Å². The van der Waals surface area contributed by atoms with Crippen LogP contribution in [0.3, 0.4) is 0 Å². The van der Waals surface area contributed by atoms with Gasteiger partial charge in [0.2, 0.25) is 0 Å². The summed E-state index contributed by atoms with van der Waals surface area (Å²) >= 11 is 0. The van der Waals surface area contributed by atoms with E-state index in [0.717, 1.165) is 12.8 Å². The van der Waals surface area contributed by atoms with Crippen LogP contribution in [0.15, 0.2) is 36.4 Å². The number of ether oxygens (including phenoxy) is 3. The number of anilines is 1. The van der Waals surface area contributed by atoms with Crippen LogP contribution in [-0.2, 0) is 9.53 Å². The number of methoxy groups -OCH3 is 1. The number of carbonyl (C=O) groups excluding carboxylic acids is 4. The van der Waals surface area contributed by atoms with Crippen LogP contribution in [0.2, 0.25) is 0 Å². The van der Waals surface area contributed by atoms with Crippen molar-refractivity contribution in [2.45, 2.75) is 32.3 Å². The van der Waals surface area contributed by atoms with E-state index in [-0.39, 0.29) is 47.6 Å². The van der Waals surface area contributed by atoms with E-state index < -0.39 is 17.8 Å². The molecule has 33 heavy (non-hydrogen) atoms. The molecule has 4 rings (SSSR count). The second kappa shape index (κ2) is 9.41. The number of nitrogens with zero attached hydrogens (tertiary/aromatic N) is 1. The molecule has 9 heteroatoms. The van der Waals surface area contributed by atoms with Crippen molar-refractivity contribution in [2.24, 2.45) is 0 Å². The Morgan fingerprint density at radius 2 is 1.88 bits per heavy atom. The zero-order valence-corrected chi connectivity index (χ0v) is 18.4. The molecule has 2 aromatic rings. The Hall–Kier alpha value is -3.72. The average molecular weight is 452 g/mol. The predicted octanol–water partition coefficient (Wildman–Crippen LogP) is 3.04. The van der Waals surface area contributed by atoms with Crippen molar-refractivity contribution in [2.75, 3.05) is 25.6 Å². The minimum atomic E-state index is -0.449. The molecule has 0 aliphatic carbocycles. The number of imide groups is 1. The van der Waals surface area contributed by atoms with Crippen molar-refractivity contribution in [3.63, 3.8) is 0 Å². The number of hydrogen-bond donors (Lipinski definition) is 1. The summed E-state index contributed by atoms with van der Waals surface area (Å²) in [5.74, 6) is -1.17. The van der Waals surface area contributed by atoms with Gasteiger partial charge in [0.25, 0.3) is 17.7 Å². The molecule has 1 N–H and O–H groups in total. The Kier molecular flexibility index (Phi) is 6.41. The lowest BCUT2D eigenvalue weighted by atomic mass is 10.1. The average Bonchev–Trinajstić information content (AvgIpc) is 3.42. The number of amides is 3. The monoisotopic (exact) mass is 452 g/mol. The second-order valence-corrected chi connectivity index (χ2v) is 7.76. The predicted molar refractivity (Wildman–Crippen MR) is 118 cm³/mol. The first-order chi connectivity index (χ1) is 15.9. The summed E-state index contributed by atoms with van der Waals surface area (Å²) < 4.78 is 16.0. The normalized spacial score (nSPS) is 17.2. The molecule has 2 aliphatic heterocycles. The highest BCUT2D eigenvalue weighted by molar-refractivity contribution is 6.22. The molecule has 0 spiro atoms. The number of carbonyl (C=O) groups is 4. The minimum absolute atomic E-state index is 0.138. The molecule has 1 saturated heterocycles. The molecule has 2 heterocycles. The Morgan fingerprint density at radius 1 is 1.09 bits per heavy atom. The van der Waals surface area contributed by atoms with E-state index in [1.165, 1.54) is 42.3 Å². The van der Waals surface area contributed by atoms with Crippen molar-refractivity contribution in [3.8, 4) is 11.5 Å². The van der Waals surface area contributed by atoms with E-state index in [2.05, 4.69) is 5.32 Å². The fourth-order valence-corrected chi connectivity index (χ4v) is 3.82. The Balaban J connectivity index is 1.49. The lowest BCUT2D eigenvalue weighted by molar-refractivity contribution is -0.134. The van der Waals surface area contributed by atoms with Crippen LogP contribution < -0.4 is 14.8 Å². The third-order valence-corrected chi connectivity index (χ3v) is 5.58. The van der Waals surface area contributed by atoms with Gasteiger partial charge in [0.1, 0.15) is 0 Å². The van der Waals surface area contributed by atoms with Crippen LogP contribution in [0.5, 0.6) is 11.5 Å². The number of nitrogens with one attached hydrogen (secondary N) is 1. The topological polar surface area (TPSA) is 111 Å². The van der Waals surface area contributed by atoms with E-state index in [4.69, 9.17) is 14.2 Å². The maximum Gasteiger partial charge on any atom is 0.311 e. The molecule has 2 aromatic carbocycles. The maximum atomic E-state index is 12.8. The molecule has 0 saturated carbocycles. The molecule has 9 nitrogen and oxygen atoms in total. The van der Waals surface area contributed by atoms with Crippen LogP contribution in [0, 0.1) is 0 Å². The van der Waals surface area contributed by atoms with Gasteiger partial charge in [-0.2, -0.15) is 0 Å². The zero-order valence-electron chi connectivity index (χ0n) is 18.4. The third-order valence-electron chi connectivity index (χ3n) is 5.58. The molecular weight excluding hydrogens is 428 g/mol. The van der Waals surface area contributed by atoms with Gasteiger partial charge in [0, 0.05) is 24.3 Å². The van der Waals surface area contributed by atoms with Gasteiger partial charge in [0.05, 0.1) is 30.9 Å². The second-order valence-electron chi connectivity index (χ2n) is 7.76. The summed E-state index contributed by atoms with van der Waals surface area (Å²) in [5.41, 5.74) is 1.19. The number of fused-ring (bicyclic) bond motifs is 1. The molecule has 1 unspecified atom stereocenters. The van der Waals surface area contributed by atoms with Gasteiger partial charge in [-0.3, -0.25) is 24.1 Å². The van der Waals surface area contributed by atoms with Crippen molar-refractivity contribution < 1.29 is 33.4 Å². The molecular formula is C24H24N2O7. The molecule has 1 fully saturated rings. The highest BCUT2D eigenvalue weighted by Crippen LogP contribution is 2.30. The van der Waals surface area contributed by atoms with Gasteiger partial charge in [-0.15, -0.1) is 0 Å². The van der Waals surface area contributed by atoms with Gasteiger partial charge < -0.3 is 19.5 Å². The van der Waals surface area contributed by atoms with Crippen LogP contribution in [0.25, 0.3) is 0 Å². The van der Waals surface area contributed by atoms with E-state index in [9.17, 15) is 19.2 Å². The molecule has 3 amide bonds. The first-order valence-corrected chi connectivity index (χ1v) is 10.7. The summed E-state index contributed by atoms with van der Waals surface area (Å²) in [7, 11) is 1.41. The van der Waals surface area contributed by atoms with Crippen LogP contribution in [0.1, 0.15) is 57.3 Å². The first-order valence-electron chi connectivity index (χ1n) is 10.7. The van der Waals surface area contributed by atoms with Crippen molar-refractivity contribution >= 4 is 29.4 Å². The number of benzene rings is 2. The van der Waals surface area contributed by atoms with Crippen molar-refractivity contribution in [3.05, 3.63) is 53.1 Å². The van der Waals surface area contributed by atoms with Crippen molar-refractivity contribution in [1.82, 2.24) is 4.90 Å². The molecule has 0 aromatic heterocycles. The summed E-state index contributed by atoms with van der Waals surface area (Å²) in [4.78, 5) is 51.0. The number of rotatable bonds is 7. The number of hydrogen-bond acceptors (Lipinski definition) is 7.